The number of anilines is 1. The third kappa shape index (κ3) is 3.72. The second kappa shape index (κ2) is 7.49. The maximum absolute atomic E-state index is 12.5. The quantitative estimate of drug-likeness (QED) is 0.838. The predicted octanol–water partition coefficient (Wildman–Crippen LogP) is 1.99. The number of nitrogens with zero attached hydrogens (tertiary/aromatic N) is 1. The van der Waals surface area contributed by atoms with Gasteiger partial charge in [0.25, 0.3) is 0 Å². The van der Waals surface area contributed by atoms with E-state index in [4.69, 9.17) is 5.11 Å². The fourth-order valence-corrected chi connectivity index (χ4v) is 3.14. The molecule has 3 rings (SSSR count). The Kier molecular flexibility index (Phi) is 5.14. The van der Waals surface area contributed by atoms with Gasteiger partial charge in [-0.15, -0.1) is 0 Å². The lowest BCUT2D eigenvalue weighted by atomic mass is 10.0. The summed E-state index contributed by atoms with van der Waals surface area (Å²) >= 11 is 0. The number of amides is 2. The van der Waals surface area contributed by atoms with Crippen LogP contribution in [0, 0.1) is 0 Å². The Morgan fingerprint density at radius 2 is 1.80 bits per heavy atom. The summed E-state index contributed by atoms with van der Waals surface area (Å²) in [5.41, 5.74) is 3.83. The van der Waals surface area contributed by atoms with Gasteiger partial charge in [0, 0.05) is 24.7 Å². The molecule has 0 fully saturated rings. The molecule has 2 amide bonds. The Bertz CT molecular complexity index is 771. The summed E-state index contributed by atoms with van der Waals surface area (Å²) in [6.45, 7) is 3.00. The van der Waals surface area contributed by atoms with Crippen LogP contribution in [0.25, 0.3) is 0 Å². The highest BCUT2D eigenvalue weighted by Gasteiger charge is 2.32. The summed E-state index contributed by atoms with van der Waals surface area (Å²) in [6.07, 6.45) is 0.637. The zero-order valence-electron chi connectivity index (χ0n) is 14.2. The fourth-order valence-electron chi connectivity index (χ4n) is 3.14. The molecule has 1 aliphatic rings. The van der Waals surface area contributed by atoms with Gasteiger partial charge in [-0.1, -0.05) is 49.4 Å². The average Bonchev–Trinajstić information content (AvgIpc) is 2.98. The number of fused-ring (bicyclic) bond motifs is 1. The van der Waals surface area contributed by atoms with Crippen molar-refractivity contribution in [3.8, 4) is 0 Å². The first-order chi connectivity index (χ1) is 12.1. The van der Waals surface area contributed by atoms with Crippen molar-refractivity contribution >= 4 is 17.5 Å². The second-order valence-electron chi connectivity index (χ2n) is 6.36. The summed E-state index contributed by atoms with van der Waals surface area (Å²) in [6, 6.07) is 15.2. The van der Waals surface area contributed by atoms with Crippen LogP contribution in [-0.2, 0) is 22.6 Å². The van der Waals surface area contributed by atoms with E-state index < -0.39 is 11.8 Å². The van der Waals surface area contributed by atoms with Gasteiger partial charge in [0.1, 0.15) is 0 Å². The van der Waals surface area contributed by atoms with Crippen molar-refractivity contribution in [2.75, 3.05) is 18.0 Å². The van der Waals surface area contributed by atoms with Crippen LogP contribution in [0.2, 0.25) is 0 Å². The molecule has 1 unspecified atom stereocenters. The van der Waals surface area contributed by atoms with Gasteiger partial charge in [-0.25, -0.2) is 0 Å². The Morgan fingerprint density at radius 3 is 2.52 bits per heavy atom. The summed E-state index contributed by atoms with van der Waals surface area (Å²) in [7, 11) is 0. The van der Waals surface area contributed by atoms with Crippen LogP contribution in [0.15, 0.2) is 48.5 Å². The van der Waals surface area contributed by atoms with Crippen molar-refractivity contribution in [3.05, 3.63) is 65.2 Å². The SMILES string of the molecule is CC1CN(C(=O)C(=O)NCCc2ccc(CO)cc2)c2ccccc21. The Labute approximate surface area is 147 Å². The molecule has 0 saturated carbocycles. The van der Waals surface area contributed by atoms with Crippen molar-refractivity contribution in [2.45, 2.75) is 25.9 Å². The van der Waals surface area contributed by atoms with E-state index in [-0.39, 0.29) is 12.5 Å². The minimum atomic E-state index is -0.573. The van der Waals surface area contributed by atoms with E-state index in [1.807, 2.05) is 48.5 Å². The van der Waals surface area contributed by atoms with E-state index in [2.05, 4.69) is 12.2 Å². The molecule has 1 heterocycles. The van der Waals surface area contributed by atoms with E-state index in [1.54, 1.807) is 4.90 Å². The first-order valence-electron chi connectivity index (χ1n) is 8.47. The first-order valence-corrected chi connectivity index (χ1v) is 8.47. The summed E-state index contributed by atoms with van der Waals surface area (Å²) in [5.74, 6) is -0.846. The number of benzene rings is 2. The van der Waals surface area contributed by atoms with Crippen molar-refractivity contribution in [3.63, 3.8) is 0 Å². The standard InChI is InChI=1S/C20H22N2O3/c1-14-12-22(18-5-3-2-4-17(14)18)20(25)19(24)21-11-10-15-6-8-16(13-23)9-7-15/h2-9,14,23H,10-13H2,1H3,(H,21,24). The first kappa shape index (κ1) is 17.2. The molecule has 0 bridgehead atoms. The Hall–Kier alpha value is -2.66. The normalized spacial score (nSPS) is 15.8. The molecule has 0 aliphatic carbocycles. The van der Waals surface area contributed by atoms with Crippen LogP contribution in [0.3, 0.4) is 0 Å². The van der Waals surface area contributed by atoms with E-state index in [0.717, 1.165) is 22.4 Å². The maximum Gasteiger partial charge on any atom is 0.316 e. The average molecular weight is 338 g/mol. The number of carbonyl (C=O) groups is 2. The zero-order chi connectivity index (χ0) is 17.8. The zero-order valence-corrected chi connectivity index (χ0v) is 14.2. The monoisotopic (exact) mass is 338 g/mol. The Morgan fingerprint density at radius 1 is 1.12 bits per heavy atom. The molecular weight excluding hydrogens is 316 g/mol. The van der Waals surface area contributed by atoms with Crippen LogP contribution in [0.5, 0.6) is 0 Å². The number of carbonyl (C=O) groups excluding carboxylic acids is 2. The molecule has 25 heavy (non-hydrogen) atoms. The van der Waals surface area contributed by atoms with Crippen LogP contribution in [0.1, 0.15) is 29.5 Å². The number of para-hydroxylation sites is 1. The molecule has 2 N–H and O–H groups in total. The lowest BCUT2D eigenvalue weighted by molar-refractivity contribution is -0.137. The van der Waals surface area contributed by atoms with Crippen molar-refractivity contribution in [1.29, 1.82) is 0 Å². The lowest BCUT2D eigenvalue weighted by Gasteiger charge is -2.17. The molecule has 2 aromatic carbocycles. The smallest absolute Gasteiger partial charge is 0.316 e. The van der Waals surface area contributed by atoms with Gasteiger partial charge in [0.15, 0.2) is 0 Å². The number of nitrogens with one attached hydrogen (secondary N) is 1. The van der Waals surface area contributed by atoms with Gasteiger partial charge in [-0.3, -0.25) is 9.59 Å². The highest BCUT2D eigenvalue weighted by Crippen LogP contribution is 2.35. The molecule has 0 radical (unpaired) electrons. The molecule has 1 atom stereocenters. The van der Waals surface area contributed by atoms with Gasteiger partial charge < -0.3 is 15.3 Å². The predicted molar refractivity (Wildman–Crippen MR) is 96.3 cm³/mol. The Balaban J connectivity index is 1.55. The molecule has 5 nitrogen and oxygen atoms in total. The van der Waals surface area contributed by atoms with Crippen LogP contribution >= 0.6 is 0 Å². The number of aliphatic hydroxyl groups is 1. The third-order valence-electron chi connectivity index (χ3n) is 4.56. The molecule has 0 aromatic heterocycles. The van der Waals surface area contributed by atoms with Crippen LogP contribution < -0.4 is 10.2 Å². The third-order valence-corrected chi connectivity index (χ3v) is 4.56. The molecule has 0 spiro atoms. The number of aliphatic hydroxyl groups excluding tert-OH is 1. The molecule has 1 aliphatic heterocycles. The van der Waals surface area contributed by atoms with E-state index in [0.29, 0.717) is 19.5 Å². The molecular formula is C20H22N2O3. The van der Waals surface area contributed by atoms with E-state index in [1.165, 1.54) is 0 Å². The van der Waals surface area contributed by atoms with Crippen LogP contribution in [-0.4, -0.2) is 30.0 Å². The largest absolute Gasteiger partial charge is 0.392 e. The second-order valence-corrected chi connectivity index (χ2v) is 6.36. The van der Waals surface area contributed by atoms with Crippen molar-refractivity contribution < 1.29 is 14.7 Å². The van der Waals surface area contributed by atoms with Gasteiger partial charge in [0.2, 0.25) is 0 Å². The minimum Gasteiger partial charge on any atom is -0.392 e. The number of rotatable bonds is 4. The maximum atomic E-state index is 12.5. The summed E-state index contributed by atoms with van der Waals surface area (Å²) in [5, 5.41) is 11.7. The molecule has 2 aromatic rings. The van der Waals surface area contributed by atoms with Gasteiger partial charge in [-0.2, -0.15) is 0 Å². The fraction of sp³-hybridized carbons (Fsp3) is 0.300. The highest BCUT2D eigenvalue weighted by atomic mass is 16.3. The van der Waals surface area contributed by atoms with Crippen LogP contribution in [0.4, 0.5) is 5.69 Å². The van der Waals surface area contributed by atoms with Gasteiger partial charge in [-0.05, 0) is 29.2 Å². The van der Waals surface area contributed by atoms with E-state index in [9.17, 15) is 9.59 Å². The summed E-state index contributed by atoms with van der Waals surface area (Å²) in [4.78, 5) is 26.2. The topological polar surface area (TPSA) is 69.6 Å². The lowest BCUT2D eigenvalue weighted by Crippen LogP contribution is -2.43. The molecule has 0 saturated heterocycles. The molecule has 5 heteroatoms. The number of hydrogen-bond donors (Lipinski definition) is 2. The van der Waals surface area contributed by atoms with Gasteiger partial charge >= 0.3 is 11.8 Å². The number of hydrogen-bond acceptors (Lipinski definition) is 3. The van der Waals surface area contributed by atoms with Crippen molar-refractivity contribution in [2.24, 2.45) is 0 Å². The highest BCUT2D eigenvalue weighted by molar-refractivity contribution is 6.40. The van der Waals surface area contributed by atoms with E-state index >= 15 is 0 Å². The minimum absolute atomic E-state index is 0.0151. The summed E-state index contributed by atoms with van der Waals surface area (Å²) < 4.78 is 0. The molecule has 130 valence electrons. The van der Waals surface area contributed by atoms with Gasteiger partial charge in [0.05, 0.1) is 6.61 Å². The van der Waals surface area contributed by atoms with Crippen molar-refractivity contribution in [1.82, 2.24) is 5.32 Å².